The highest BCUT2D eigenvalue weighted by atomic mass is 32.2. The van der Waals surface area contributed by atoms with E-state index in [0.29, 0.717) is 6.42 Å². The predicted octanol–water partition coefficient (Wildman–Crippen LogP) is -0.501. The van der Waals surface area contributed by atoms with Crippen molar-refractivity contribution in [1.82, 2.24) is 0 Å². The van der Waals surface area contributed by atoms with E-state index in [1.54, 1.807) is 6.92 Å². The van der Waals surface area contributed by atoms with E-state index in [-0.39, 0.29) is 11.0 Å². The molecule has 10 heavy (non-hydrogen) atoms. The van der Waals surface area contributed by atoms with Gasteiger partial charge >= 0.3 is 0 Å². The highest BCUT2D eigenvalue weighted by molar-refractivity contribution is 7.95. The molecule has 0 N–H and O–H groups in total. The summed E-state index contributed by atoms with van der Waals surface area (Å²) in [4.78, 5) is 0. The zero-order chi connectivity index (χ0) is 8.15. The van der Waals surface area contributed by atoms with Crippen molar-refractivity contribution in [3.8, 4) is 0 Å². The first-order valence-electron chi connectivity index (χ1n) is 2.74. The van der Waals surface area contributed by atoms with Gasteiger partial charge in [0.15, 0.2) is 21.4 Å². The lowest BCUT2D eigenvalue weighted by molar-refractivity contribution is 0.603. The van der Waals surface area contributed by atoms with E-state index < -0.39 is 21.4 Å². The summed E-state index contributed by atoms with van der Waals surface area (Å²) in [5.41, 5.74) is 0. The van der Waals surface area contributed by atoms with Crippen LogP contribution in [-0.4, -0.2) is 16.8 Å². The molecule has 61 valence electrons. The molecule has 4 nitrogen and oxygen atoms in total. The predicted molar refractivity (Wildman–Crippen MR) is 38.8 cm³/mol. The molecule has 1 radical (unpaired) electrons. The Hall–Kier alpha value is -0.100. The van der Waals surface area contributed by atoms with Gasteiger partial charge in [0.1, 0.15) is 0 Å². The van der Waals surface area contributed by atoms with Gasteiger partial charge in [0.05, 0.1) is 0 Å². The Labute approximate surface area is 63.1 Å². The standard InChI is InChI=1S/C4H9O4S2/c1-2-3-4(9(5)6)10(7)8/h9-10H,2-3H2,1H3. The molecule has 6 heteroatoms. The Balaban J connectivity index is 4.27. The van der Waals surface area contributed by atoms with Crippen LogP contribution >= 0.6 is 0 Å². The average molecular weight is 185 g/mol. The van der Waals surface area contributed by atoms with Crippen LogP contribution in [-0.2, 0) is 21.4 Å². The van der Waals surface area contributed by atoms with Crippen LogP contribution in [0.4, 0.5) is 0 Å². The fourth-order valence-corrected chi connectivity index (χ4v) is 1.82. The summed E-state index contributed by atoms with van der Waals surface area (Å²) in [5.74, 6) is 0. The molecule has 0 saturated carbocycles. The van der Waals surface area contributed by atoms with Gasteiger partial charge in [-0.05, 0) is 6.42 Å². The Morgan fingerprint density at radius 1 is 1.10 bits per heavy atom. The van der Waals surface area contributed by atoms with Gasteiger partial charge in [-0.2, -0.15) is 0 Å². The van der Waals surface area contributed by atoms with Crippen molar-refractivity contribution >= 4 is 21.4 Å². The maximum Gasteiger partial charge on any atom is 0.201 e. The molecular weight excluding hydrogens is 176 g/mol. The minimum absolute atomic E-state index is 0.122. The molecule has 0 fully saturated rings. The van der Waals surface area contributed by atoms with Crippen LogP contribution in [0.1, 0.15) is 19.8 Å². The fraction of sp³-hybridized carbons (Fsp3) is 0.750. The highest BCUT2D eigenvalue weighted by Gasteiger charge is 2.14. The molecule has 0 spiro atoms. The van der Waals surface area contributed by atoms with Crippen LogP contribution in [0.2, 0.25) is 0 Å². The van der Waals surface area contributed by atoms with E-state index in [4.69, 9.17) is 0 Å². The van der Waals surface area contributed by atoms with Gasteiger partial charge in [-0.1, -0.05) is 13.3 Å². The third-order valence-electron chi connectivity index (χ3n) is 0.895. The van der Waals surface area contributed by atoms with Crippen LogP contribution in [0.25, 0.3) is 0 Å². The van der Waals surface area contributed by atoms with Crippen LogP contribution in [0, 0.1) is 4.58 Å². The molecule has 0 rings (SSSR count). The zero-order valence-corrected chi connectivity index (χ0v) is 7.23. The summed E-state index contributed by atoms with van der Waals surface area (Å²) in [7, 11) is -5.78. The second kappa shape index (κ2) is 4.68. The third-order valence-corrected chi connectivity index (χ3v) is 3.17. The summed E-state index contributed by atoms with van der Waals surface area (Å²) in [5, 5.41) is 0. The minimum atomic E-state index is -2.89. The van der Waals surface area contributed by atoms with Gasteiger partial charge in [0, 0.05) is 0 Å². The van der Waals surface area contributed by atoms with Gasteiger partial charge in [0.25, 0.3) is 0 Å². The minimum Gasteiger partial charge on any atom is -0.230 e. The van der Waals surface area contributed by atoms with Gasteiger partial charge in [-0.15, -0.1) is 0 Å². The van der Waals surface area contributed by atoms with E-state index >= 15 is 0 Å². The monoisotopic (exact) mass is 185 g/mol. The maximum atomic E-state index is 10.1. The lowest BCUT2D eigenvalue weighted by atomic mass is 10.4. The van der Waals surface area contributed by atoms with Crippen molar-refractivity contribution in [1.29, 1.82) is 0 Å². The molecule has 0 aliphatic rings. The van der Waals surface area contributed by atoms with Crippen LogP contribution in [0.3, 0.4) is 0 Å². The maximum absolute atomic E-state index is 10.1. The second-order valence-corrected chi connectivity index (χ2v) is 4.14. The molecule has 0 amide bonds. The lowest BCUT2D eigenvalue weighted by Crippen LogP contribution is -2.00. The molecule has 0 atom stereocenters. The zero-order valence-electron chi connectivity index (χ0n) is 5.44. The summed E-state index contributed by atoms with van der Waals surface area (Å²) >= 11 is 0. The number of hydrogen-bond acceptors (Lipinski definition) is 4. The SMILES string of the molecule is CCC[C]([SH](=O)=O)[SH](=O)=O. The lowest BCUT2D eigenvalue weighted by Gasteiger charge is -1.95. The van der Waals surface area contributed by atoms with Gasteiger partial charge < -0.3 is 0 Å². The first-order chi connectivity index (χ1) is 4.59. The van der Waals surface area contributed by atoms with E-state index in [0.717, 1.165) is 0 Å². The molecule has 0 heterocycles. The number of rotatable bonds is 4. The Bertz CT molecular complexity index is 189. The normalized spacial score (nSPS) is 11.6. The molecular formula is C4H9O4S2. The molecule has 0 aromatic rings. The van der Waals surface area contributed by atoms with Crippen LogP contribution < -0.4 is 0 Å². The Morgan fingerprint density at radius 2 is 1.50 bits per heavy atom. The summed E-state index contributed by atoms with van der Waals surface area (Å²) in [6.45, 7) is 1.72. The van der Waals surface area contributed by atoms with Gasteiger partial charge in [-0.25, -0.2) is 16.8 Å². The van der Waals surface area contributed by atoms with E-state index in [1.807, 2.05) is 0 Å². The van der Waals surface area contributed by atoms with Crippen molar-refractivity contribution in [2.45, 2.75) is 19.8 Å². The smallest absolute Gasteiger partial charge is 0.201 e. The van der Waals surface area contributed by atoms with E-state index in [2.05, 4.69) is 0 Å². The first-order valence-corrected chi connectivity index (χ1v) is 5.09. The van der Waals surface area contributed by atoms with Crippen molar-refractivity contribution in [3.05, 3.63) is 4.58 Å². The average Bonchev–Trinajstić information content (AvgIpc) is 1.81. The summed E-state index contributed by atoms with van der Waals surface area (Å²) < 4.78 is 40.2. The highest BCUT2D eigenvalue weighted by Crippen LogP contribution is 2.09. The fourth-order valence-electron chi connectivity index (χ4n) is 0.473. The first kappa shape index (κ1) is 9.90. The van der Waals surface area contributed by atoms with E-state index in [1.165, 1.54) is 0 Å². The van der Waals surface area contributed by atoms with Crippen molar-refractivity contribution in [2.24, 2.45) is 0 Å². The molecule has 0 bridgehead atoms. The van der Waals surface area contributed by atoms with Gasteiger partial charge in [0.2, 0.25) is 4.58 Å². The Kier molecular flexibility index (Phi) is 4.63. The van der Waals surface area contributed by atoms with E-state index in [9.17, 15) is 16.8 Å². The van der Waals surface area contributed by atoms with Crippen LogP contribution in [0.5, 0.6) is 0 Å². The van der Waals surface area contributed by atoms with Crippen molar-refractivity contribution in [2.75, 3.05) is 0 Å². The molecule has 0 saturated heterocycles. The quantitative estimate of drug-likeness (QED) is 0.579. The number of hydrogen-bond donors (Lipinski definition) is 2. The Morgan fingerprint density at radius 3 is 1.60 bits per heavy atom. The topological polar surface area (TPSA) is 68.3 Å². The molecule has 0 aromatic heterocycles. The van der Waals surface area contributed by atoms with Crippen LogP contribution in [0.15, 0.2) is 0 Å². The largest absolute Gasteiger partial charge is 0.230 e. The van der Waals surface area contributed by atoms with Gasteiger partial charge in [-0.3, -0.25) is 0 Å². The molecule has 0 aliphatic heterocycles. The summed E-state index contributed by atoms with van der Waals surface area (Å²) in [6.07, 6.45) is 0.652. The third kappa shape index (κ3) is 3.17. The molecule has 0 aliphatic carbocycles. The number of thiol groups is 2. The summed E-state index contributed by atoms with van der Waals surface area (Å²) in [6, 6.07) is 0. The molecule has 0 unspecified atom stereocenters. The van der Waals surface area contributed by atoms with Crippen molar-refractivity contribution < 1.29 is 16.8 Å². The second-order valence-electron chi connectivity index (χ2n) is 1.68. The molecule has 0 aromatic carbocycles. The van der Waals surface area contributed by atoms with Crippen molar-refractivity contribution in [3.63, 3.8) is 0 Å².